The van der Waals surface area contributed by atoms with Gasteiger partial charge in [0.2, 0.25) is 0 Å². The highest BCUT2D eigenvalue weighted by molar-refractivity contribution is 5.92. The normalized spacial score (nSPS) is 10.2. The van der Waals surface area contributed by atoms with Crippen molar-refractivity contribution in [1.29, 1.82) is 0 Å². The van der Waals surface area contributed by atoms with Gasteiger partial charge in [0.25, 0.3) is 5.69 Å². The standard InChI is InChI=1S/C11H9N3O5/c1-13-6-8(5-12-13)19-7-2-3-9(11(15)16)10(4-7)14(17)18/h2-6H,1H3,(H,15,16). The van der Waals surface area contributed by atoms with Gasteiger partial charge in [-0.15, -0.1) is 0 Å². The molecule has 0 unspecified atom stereocenters. The molecule has 98 valence electrons. The minimum absolute atomic E-state index is 0.171. The third-order valence-electron chi connectivity index (χ3n) is 2.31. The largest absolute Gasteiger partial charge is 0.477 e. The lowest BCUT2D eigenvalue weighted by molar-refractivity contribution is -0.385. The van der Waals surface area contributed by atoms with Crippen LogP contribution in [-0.2, 0) is 7.05 Å². The zero-order chi connectivity index (χ0) is 14.0. The number of aromatic carboxylic acids is 1. The third kappa shape index (κ3) is 2.68. The summed E-state index contributed by atoms with van der Waals surface area (Å²) in [5, 5.41) is 23.5. The van der Waals surface area contributed by atoms with E-state index in [0.29, 0.717) is 5.75 Å². The van der Waals surface area contributed by atoms with Crippen molar-refractivity contribution in [3.05, 3.63) is 46.3 Å². The van der Waals surface area contributed by atoms with E-state index in [1.54, 1.807) is 13.2 Å². The van der Waals surface area contributed by atoms with Crippen molar-refractivity contribution in [2.45, 2.75) is 0 Å². The summed E-state index contributed by atoms with van der Waals surface area (Å²) < 4.78 is 6.85. The van der Waals surface area contributed by atoms with Gasteiger partial charge in [0, 0.05) is 7.05 Å². The number of hydrogen-bond donors (Lipinski definition) is 1. The fourth-order valence-corrected chi connectivity index (χ4v) is 1.49. The molecule has 0 aliphatic carbocycles. The van der Waals surface area contributed by atoms with E-state index in [4.69, 9.17) is 9.84 Å². The fourth-order valence-electron chi connectivity index (χ4n) is 1.49. The lowest BCUT2D eigenvalue weighted by atomic mass is 10.2. The monoisotopic (exact) mass is 263 g/mol. The van der Waals surface area contributed by atoms with E-state index in [1.807, 2.05) is 0 Å². The molecule has 8 nitrogen and oxygen atoms in total. The summed E-state index contributed by atoms with van der Waals surface area (Å²) in [6.07, 6.45) is 3.02. The average molecular weight is 263 g/mol. The minimum Gasteiger partial charge on any atom is -0.477 e. The van der Waals surface area contributed by atoms with Crippen molar-refractivity contribution >= 4 is 11.7 Å². The summed E-state index contributed by atoms with van der Waals surface area (Å²) in [5.41, 5.74) is -0.905. The Morgan fingerprint density at radius 1 is 1.47 bits per heavy atom. The second-order valence-corrected chi connectivity index (χ2v) is 3.69. The number of rotatable bonds is 4. The van der Waals surface area contributed by atoms with Crippen LogP contribution in [0.25, 0.3) is 0 Å². The number of nitrogens with zero attached hydrogens (tertiary/aromatic N) is 3. The number of carbonyl (C=O) groups is 1. The smallest absolute Gasteiger partial charge is 0.342 e. The van der Waals surface area contributed by atoms with Crippen molar-refractivity contribution in [2.24, 2.45) is 7.05 Å². The van der Waals surface area contributed by atoms with E-state index < -0.39 is 16.6 Å². The molecule has 8 heteroatoms. The number of nitro groups is 1. The van der Waals surface area contributed by atoms with E-state index in [0.717, 1.165) is 12.1 Å². The molecule has 0 saturated carbocycles. The van der Waals surface area contributed by atoms with Crippen LogP contribution in [0.2, 0.25) is 0 Å². The molecular formula is C11H9N3O5. The van der Waals surface area contributed by atoms with E-state index in [2.05, 4.69) is 5.10 Å². The Morgan fingerprint density at radius 3 is 2.74 bits per heavy atom. The SMILES string of the molecule is Cn1cc(Oc2ccc(C(=O)O)c([N+](=O)[O-])c2)cn1. The van der Waals surface area contributed by atoms with Gasteiger partial charge in [-0.25, -0.2) is 4.79 Å². The van der Waals surface area contributed by atoms with Crippen LogP contribution in [0.1, 0.15) is 10.4 Å². The molecule has 2 aromatic rings. The molecule has 0 aliphatic rings. The zero-order valence-electron chi connectivity index (χ0n) is 9.81. The first-order valence-electron chi connectivity index (χ1n) is 5.15. The summed E-state index contributed by atoms with van der Waals surface area (Å²) in [6, 6.07) is 3.55. The number of aryl methyl sites for hydroxylation is 1. The maximum Gasteiger partial charge on any atom is 0.342 e. The topological polar surface area (TPSA) is 107 Å². The van der Waals surface area contributed by atoms with Gasteiger partial charge >= 0.3 is 5.97 Å². The lowest BCUT2D eigenvalue weighted by Crippen LogP contribution is -2.02. The Hall–Kier alpha value is -2.90. The molecular weight excluding hydrogens is 254 g/mol. The molecule has 19 heavy (non-hydrogen) atoms. The minimum atomic E-state index is -1.36. The molecule has 0 fully saturated rings. The molecule has 1 aromatic heterocycles. The number of benzene rings is 1. The molecule has 1 N–H and O–H groups in total. The predicted molar refractivity (Wildman–Crippen MR) is 63.3 cm³/mol. The summed E-state index contributed by atoms with van der Waals surface area (Å²) >= 11 is 0. The van der Waals surface area contributed by atoms with E-state index in [9.17, 15) is 14.9 Å². The zero-order valence-corrected chi connectivity index (χ0v) is 9.81. The molecule has 0 saturated heterocycles. The maximum absolute atomic E-state index is 10.8. The van der Waals surface area contributed by atoms with Gasteiger partial charge in [-0.2, -0.15) is 5.10 Å². The Morgan fingerprint density at radius 2 is 2.21 bits per heavy atom. The average Bonchev–Trinajstić information content (AvgIpc) is 2.74. The van der Waals surface area contributed by atoms with Crippen LogP contribution in [0.3, 0.4) is 0 Å². The Labute approximate surface area is 107 Å². The van der Waals surface area contributed by atoms with Gasteiger partial charge < -0.3 is 9.84 Å². The Bertz CT molecular complexity index is 650. The van der Waals surface area contributed by atoms with Crippen LogP contribution < -0.4 is 4.74 Å². The van der Waals surface area contributed by atoms with Crippen LogP contribution in [0, 0.1) is 10.1 Å². The number of hydrogen-bond acceptors (Lipinski definition) is 5. The highest BCUT2D eigenvalue weighted by Crippen LogP contribution is 2.28. The molecule has 1 heterocycles. The Kier molecular flexibility index (Phi) is 3.15. The van der Waals surface area contributed by atoms with Crippen molar-refractivity contribution in [3.63, 3.8) is 0 Å². The van der Waals surface area contributed by atoms with Crippen molar-refractivity contribution in [1.82, 2.24) is 9.78 Å². The third-order valence-corrected chi connectivity index (χ3v) is 2.31. The molecule has 0 radical (unpaired) electrons. The van der Waals surface area contributed by atoms with Gasteiger partial charge in [0.05, 0.1) is 23.4 Å². The van der Waals surface area contributed by atoms with Gasteiger partial charge in [-0.1, -0.05) is 0 Å². The quantitative estimate of drug-likeness (QED) is 0.665. The maximum atomic E-state index is 10.8. The van der Waals surface area contributed by atoms with Crippen LogP contribution in [0.5, 0.6) is 11.5 Å². The molecule has 0 bridgehead atoms. The van der Waals surface area contributed by atoms with Gasteiger partial charge in [-0.05, 0) is 12.1 Å². The fraction of sp³-hybridized carbons (Fsp3) is 0.0909. The number of carboxylic acids is 1. The molecule has 2 rings (SSSR count). The first-order chi connectivity index (χ1) is 8.97. The van der Waals surface area contributed by atoms with E-state index >= 15 is 0 Å². The van der Waals surface area contributed by atoms with Gasteiger partial charge in [-0.3, -0.25) is 14.8 Å². The highest BCUT2D eigenvalue weighted by Gasteiger charge is 2.20. The van der Waals surface area contributed by atoms with E-state index in [1.165, 1.54) is 16.9 Å². The first-order valence-corrected chi connectivity index (χ1v) is 5.15. The van der Waals surface area contributed by atoms with Crippen LogP contribution >= 0.6 is 0 Å². The number of nitro benzene ring substituents is 1. The van der Waals surface area contributed by atoms with Crippen LogP contribution in [0.15, 0.2) is 30.6 Å². The van der Waals surface area contributed by atoms with Crippen molar-refractivity contribution in [2.75, 3.05) is 0 Å². The van der Waals surface area contributed by atoms with Crippen LogP contribution in [0.4, 0.5) is 5.69 Å². The second-order valence-electron chi connectivity index (χ2n) is 3.69. The lowest BCUT2D eigenvalue weighted by Gasteiger charge is -2.04. The molecule has 0 aliphatic heterocycles. The Balaban J connectivity index is 2.35. The molecule has 0 atom stereocenters. The summed E-state index contributed by atoms with van der Waals surface area (Å²) in [7, 11) is 1.70. The molecule has 1 aromatic carbocycles. The molecule has 0 spiro atoms. The summed E-state index contributed by atoms with van der Waals surface area (Å²) in [6.45, 7) is 0. The summed E-state index contributed by atoms with van der Waals surface area (Å²) in [5.74, 6) is -0.788. The highest BCUT2D eigenvalue weighted by atomic mass is 16.6. The van der Waals surface area contributed by atoms with Gasteiger partial charge in [0.1, 0.15) is 11.3 Å². The van der Waals surface area contributed by atoms with Crippen molar-refractivity contribution < 1.29 is 19.6 Å². The summed E-state index contributed by atoms with van der Waals surface area (Å²) in [4.78, 5) is 20.9. The van der Waals surface area contributed by atoms with E-state index in [-0.39, 0.29) is 11.3 Å². The van der Waals surface area contributed by atoms with Gasteiger partial charge in [0.15, 0.2) is 5.75 Å². The molecule has 0 amide bonds. The first kappa shape index (κ1) is 12.6. The second kappa shape index (κ2) is 4.77. The van der Waals surface area contributed by atoms with Crippen molar-refractivity contribution in [3.8, 4) is 11.5 Å². The number of aromatic nitrogens is 2. The predicted octanol–water partition coefficient (Wildman–Crippen LogP) is 1.82. The number of carboxylic acid groups (broad SMARTS) is 1. The van der Waals surface area contributed by atoms with Crippen LogP contribution in [-0.4, -0.2) is 25.8 Å². The number of ether oxygens (including phenoxy) is 1.